The first-order chi connectivity index (χ1) is 14.1. The van der Waals surface area contributed by atoms with Crippen molar-refractivity contribution in [2.24, 2.45) is 0 Å². The molecule has 2 aromatic rings. The van der Waals surface area contributed by atoms with Gasteiger partial charge in [0.2, 0.25) is 12.7 Å². The van der Waals surface area contributed by atoms with Crippen LogP contribution in [0.1, 0.15) is 18.5 Å². The molecule has 29 heavy (non-hydrogen) atoms. The number of nitrogens with zero attached hydrogens (tertiary/aromatic N) is 2. The zero-order chi connectivity index (χ0) is 20.2. The zero-order valence-electron chi connectivity index (χ0n) is 16.9. The van der Waals surface area contributed by atoms with Crippen molar-refractivity contribution >= 4 is 11.6 Å². The quantitative estimate of drug-likeness (QED) is 0.808. The molecule has 1 saturated heterocycles. The number of carbonyl (C=O) groups excluding carboxylic acids is 1. The van der Waals surface area contributed by atoms with Crippen LogP contribution >= 0.6 is 0 Å². The number of hydrogen-bond donors (Lipinski definition) is 1. The second-order valence-corrected chi connectivity index (χ2v) is 7.36. The van der Waals surface area contributed by atoms with Crippen LogP contribution in [0.4, 0.5) is 5.69 Å². The molecule has 0 bridgehead atoms. The summed E-state index contributed by atoms with van der Waals surface area (Å²) in [6.45, 7) is 6.16. The Balaban J connectivity index is 1.25. The molecule has 1 fully saturated rings. The van der Waals surface area contributed by atoms with Crippen LogP contribution in [0.25, 0.3) is 0 Å². The van der Waals surface area contributed by atoms with Crippen molar-refractivity contribution in [3.63, 3.8) is 0 Å². The first kappa shape index (κ1) is 19.4. The molecule has 0 aliphatic carbocycles. The molecule has 154 valence electrons. The summed E-state index contributed by atoms with van der Waals surface area (Å²) < 4.78 is 16.0. The van der Waals surface area contributed by atoms with E-state index in [-0.39, 0.29) is 18.7 Å². The van der Waals surface area contributed by atoms with Crippen LogP contribution in [-0.2, 0) is 4.79 Å². The van der Waals surface area contributed by atoms with Gasteiger partial charge in [-0.2, -0.15) is 0 Å². The molecule has 2 heterocycles. The Hall–Kier alpha value is -2.93. The van der Waals surface area contributed by atoms with Crippen molar-refractivity contribution in [1.82, 2.24) is 10.2 Å². The van der Waals surface area contributed by atoms with E-state index < -0.39 is 0 Å². The van der Waals surface area contributed by atoms with Gasteiger partial charge in [0.25, 0.3) is 0 Å². The van der Waals surface area contributed by atoms with Crippen LogP contribution in [0, 0.1) is 0 Å². The highest BCUT2D eigenvalue weighted by Gasteiger charge is 2.21. The standard InChI is InChI=1S/C22H27N3O4/c1-16(17-3-8-20-21(13-17)29-15-28-20)23-22(26)14-24-9-11-25(12-10-24)18-4-6-19(27-2)7-5-18/h3-8,13,16H,9-12,14-15H2,1-2H3,(H,23,26)/t16-/m0/s1. The van der Waals surface area contributed by atoms with Crippen LogP contribution < -0.4 is 24.4 Å². The highest BCUT2D eigenvalue weighted by atomic mass is 16.7. The lowest BCUT2D eigenvalue weighted by molar-refractivity contribution is -0.123. The summed E-state index contributed by atoms with van der Waals surface area (Å²) in [7, 11) is 1.67. The number of ether oxygens (including phenoxy) is 3. The first-order valence-corrected chi connectivity index (χ1v) is 9.92. The van der Waals surface area contributed by atoms with E-state index in [0.29, 0.717) is 6.54 Å². The fourth-order valence-corrected chi connectivity index (χ4v) is 3.71. The number of piperazine rings is 1. The molecule has 2 aromatic carbocycles. The minimum absolute atomic E-state index is 0.0352. The van der Waals surface area contributed by atoms with Crippen molar-refractivity contribution < 1.29 is 19.0 Å². The van der Waals surface area contributed by atoms with E-state index >= 15 is 0 Å². The van der Waals surface area contributed by atoms with Gasteiger partial charge in [-0.25, -0.2) is 0 Å². The van der Waals surface area contributed by atoms with E-state index in [4.69, 9.17) is 14.2 Å². The Morgan fingerprint density at radius 3 is 2.52 bits per heavy atom. The Morgan fingerprint density at radius 1 is 1.07 bits per heavy atom. The number of hydrogen-bond acceptors (Lipinski definition) is 6. The van der Waals surface area contributed by atoms with Crippen molar-refractivity contribution in [3.05, 3.63) is 48.0 Å². The Labute approximate surface area is 171 Å². The minimum atomic E-state index is -0.0856. The van der Waals surface area contributed by atoms with Crippen molar-refractivity contribution in [2.45, 2.75) is 13.0 Å². The van der Waals surface area contributed by atoms with Gasteiger partial charge in [-0.1, -0.05) is 6.07 Å². The number of benzene rings is 2. The van der Waals surface area contributed by atoms with Crippen molar-refractivity contribution in [3.8, 4) is 17.2 Å². The molecule has 4 rings (SSSR count). The van der Waals surface area contributed by atoms with Gasteiger partial charge in [-0.05, 0) is 48.9 Å². The van der Waals surface area contributed by atoms with E-state index in [0.717, 1.165) is 49.0 Å². The van der Waals surface area contributed by atoms with E-state index in [1.54, 1.807) is 7.11 Å². The molecule has 0 aromatic heterocycles. The average molecular weight is 397 g/mol. The van der Waals surface area contributed by atoms with Crippen LogP contribution in [0.2, 0.25) is 0 Å². The normalized spacial score (nSPS) is 17.1. The van der Waals surface area contributed by atoms with Gasteiger partial charge in [0.05, 0.1) is 19.7 Å². The largest absolute Gasteiger partial charge is 0.497 e. The summed E-state index contributed by atoms with van der Waals surface area (Å²) in [4.78, 5) is 17.0. The SMILES string of the molecule is COc1ccc(N2CCN(CC(=O)N[C@@H](C)c3ccc4c(c3)OCO4)CC2)cc1. The predicted octanol–water partition coefficient (Wildman–Crippen LogP) is 2.42. The van der Waals surface area contributed by atoms with Gasteiger partial charge in [0, 0.05) is 31.9 Å². The number of methoxy groups -OCH3 is 1. The molecular weight excluding hydrogens is 370 g/mol. The lowest BCUT2D eigenvalue weighted by atomic mass is 10.1. The first-order valence-electron chi connectivity index (χ1n) is 9.92. The fraction of sp³-hybridized carbons (Fsp3) is 0.409. The highest BCUT2D eigenvalue weighted by Crippen LogP contribution is 2.34. The Morgan fingerprint density at radius 2 is 1.79 bits per heavy atom. The van der Waals surface area contributed by atoms with Gasteiger partial charge in [0.1, 0.15) is 5.75 Å². The maximum atomic E-state index is 12.5. The maximum absolute atomic E-state index is 12.5. The number of rotatable bonds is 6. The van der Waals surface area contributed by atoms with Gasteiger partial charge in [-0.15, -0.1) is 0 Å². The third-order valence-electron chi connectivity index (χ3n) is 5.45. The van der Waals surface area contributed by atoms with Crippen LogP contribution in [0.5, 0.6) is 17.2 Å². The summed E-state index contributed by atoms with van der Waals surface area (Å²) in [6, 6.07) is 13.8. The second kappa shape index (κ2) is 8.61. The number of nitrogens with one attached hydrogen (secondary N) is 1. The van der Waals surface area contributed by atoms with Gasteiger partial charge < -0.3 is 24.4 Å². The molecule has 1 N–H and O–H groups in total. The molecule has 7 nitrogen and oxygen atoms in total. The molecule has 0 radical (unpaired) electrons. The van der Waals surface area contributed by atoms with Crippen LogP contribution in [0.3, 0.4) is 0 Å². The molecule has 1 atom stereocenters. The van der Waals surface area contributed by atoms with Crippen molar-refractivity contribution in [2.75, 3.05) is 51.5 Å². The third kappa shape index (κ3) is 4.56. The summed E-state index contributed by atoms with van der Waals surface area (Å²) in [5, 5.41) is 3.09. The van der Waals surface area contributed by atoms with Gasteiger partial charge >= 0.3 is 0 Å². The Bertz CT molecular complexity index is 848. The minimum Gasteiger partial charge on any atom is -0.497 e. The molecule has 7 heteroatoms. The number of anilines is 1. The van der Waals surface area contributed by atoms with Crippen LogP contribution in [-0.4, -0.2) is 57.4 Å². The summed E-state index contributed by atoms with van der Waals surface area (Å²) in [6.07, 6.45) is 0. The summed E-state index contributed by atoms with van der Waals surface area (Å²) in [5.41, 5.74) is 2.19. The van der Waals surface area contributed by atoms with E-state index in [9.17, 15) is 4.79 Å². The number of carbonyl (C=O) groups is 1. The average Bonchev–Trinajstić information content (AvgIpc) is 3.22. The summed E-state index contributed by atoms with van der Waals surface area (Å²) >= 11 is 0. The molecule has 0 saturated carbocycles. The van der Waals surface area contributed by atoms with Crippen molar-refractivity contribution in [1.29, 1.82) is 0 Å². The monoisotopic (exact) mass is 397 g/mol. The lowest BCUT2D eigenvalue weighted by Gasteiger charge is -2.36. The van der Waals surface area contributed by atoms with E-state index in [2.05, 4.69) is 27.2 Å². The highest BCUT2D eigenvalue weighted by molar-refractivity contribution is 5.78. The number of fused-ring (bicyclic) bond motifs is 1. The molecule has 1 amide bonds. The van der Waals surface area contributed by atoms with E-state index in [1.807, 2.05) is 37.3 Å². The topological polar surface area (TPSA) is 63.3 Å². The molecule has 2 aliphatic heterocycles. The molecule has 0 spiro atoms. The fourth-order valence-electron chi connectivity index (χ4n) is 3.71. The lowest BCUT2D eigenvalue weighted by Crippen LogP contribution is -2.49. The zero-order valence-corrected chi connectivity index (χ0v) is 16.9. The Kier molecular flexibility index (Phi) is 5.76. The number of amides is 1. The van der Waals surface area contributed by atoms with Crippen LogP contribution in [0.15, 0.2) is 42.5 Å². The smallest absolute Gasteiger partial charge is 0.234 e. The predicted molar refractivity (Wildman–Crippen MR) is 111 cm³/mol. The van der Waals surface area contributed by atoms with Gasteiger partial charge in [-0.3, -0.25) is 9.69 Å². The maximum Gasteiger partial charge on any atom is 0.234 e. The van der Waals surface area contributed by atoms with E-state index in [1.165, 1.54) is 5.69 Å². The second-order valence-electron chi connectivity index (χ2n) is 7.36. The molecular formula is C22H27N3O4. The molecule has 0 unspecified atom stereocenters. The third-order valence-corrected chi connectivity index (χ3v) is 5.45. The summed E-state index contributed by atoms with van der Waals surface area (Å²) in [5.74, 6) is 2.38. The van der Waals surface area contributed by atoms with Gasteiger partial charge in [0.15, 0.2) is 11.5 Å². The molecule has 2 aliphatic rings.